The summed E-state index contributed by atoms with van der Waals surface area (Å²) in [6, 6.07) is 0. The van der Waals surface area contributed by atoms with Crippen molar-refractivity contribution in [2.75, 3.05) is 46.3 Å². The van der Waals surface area contributed by atoms with Gasteiger partial charge in [-0.1, -0.05) is 34.3 Å². The van der Waals surface area contributed by atoms with Crippen LogP contribution >= 0.6 is 0 Å². The molecule has 130 valence electrons. The van der Waals surface area contributed by atoms with Crippen LogP contribution in [0.1, 0.15) is 55.9 Å². The van der Waals surface area contributed by atoms with Crippen LogP contribution < -0.4 is 0 Å². The Morgan fingerprint density at radius 3 is 1.67 bits per heavy atom. The average molecular weight is 302 g/mol. The van der Waals surface area contributed by atoms with E-state index < -0.39 is 0 Å². The molecular weight excluding hydrogens is 258 g/mol. The van der Waals surface area contributed by atoms with Gasteiger partial charge in [-0.25, -0.2) is 0 Å². The van der Waals surface area contributed by atoms with Crippen LogP contribution in [0.3, 0.4) is 0 Å². The Kier molecular flexibility index (Phi) is 33.0. The predicted octanol–water partition coefficient (Wildman–Crippen LogP) is 4.60. The Hall–Kier alpha value is -0.670. The number of rotatable bonds is 2. The molecule has 21 heavy (non-hydrogen) atoms. The number of hydrogen-bond acceptors (Lipinski definition) is 3. The fourth-order valence-electron chi connectivity index (χ4n) is 1.48. The van der Waals surface area contributed by atoms with Crippen molar-refractivity contribution in [3.63, 3.8) is 0 Å². The molecule has 0 radical (unpaired) electrons. The van der Waals surface area contributed by atoms with Crippen molar-refractivity contribution < 1.29 is 0 Å². The number of hydrogen-bond donors (Lipinski definition) is 0. The standard InChI is InChI=1S/C7H16N2.C5H11N.C3H6.C2H6.CH4/c1-3-9-6-4-8(2)5-7-9;1-4-6-5(2)3;1-3-2;1-2;/h3-7H2,1-2H3;4H2,1-3H3;3H,1H2,2H3;1-2H3;1H4. The molecule has 3 nitrogen and oxygen atoms in total. The first kappa shape index (κ1) is 28.5. The summed E-state index contributed by atoms with van der Waals surface area (Å²) in [5.74, 6) is 0. The average Bonchev–Trinajstić information content (AvgIpc) is 2.43. The summed E-state index contributed by atoms with van der Waals surface area (Å²) in [7, 11) is 2.19. The summed E-state index contributed by atoms with van der Waals surface area (Å²) in [5.41, 5.74) is 1.16. The van der Waals surface area contributed by atoms with Crippen molar-refractivity contribution in [3.05, 3.63) is 12.7 Å². The van der Waals surface area contributed by atoms with Crippen LogP contribution in [0.5, 0.6) is 0 Å². The van der Waals surface area contributed by atoms with E-state index >= 15 is 0 Å². The Morgan fingerprint density at radius 1 is 1.10 bits per heavy atom. The van der Waals surface area contributed by atoms with Crippen molar-refractivity contribution in [3.8, 4) is 0 Å². The summed E-state index contributed by atoms with van der Waals surface area (Å²) in [6.07, 6.45) is 1.75. The molecule has 1 rings (SSSR count). The van der Waals surface area contributed by atoms with Gasteiger partial charge in [-0.2, -0.15) is 0 Å². The molecule has 0 N–H and O–H groups in total. The van der Waals surface area contributed by atoms with Gasteiger partial charge >= 0.3 is 0 Å². The second-order valence-electron chi connectivity index (χ2n) is 4.57. The van der Waals surface area contributed by atoms with E-state index in [1.54, 1.807) is 6.08 Å². The number of nitrogens with zero attached hydrogens (tertiary/aromatic N) is 3. The van der Waals surface area contributed by atoms with E-state index in [4.69, 9.17) is 0 Å². The Morgan fingerprint density at radius 2 is 1.48 bits per heavy atom. The largest absolute Gasteiger partial charge is 0.304 e. The predicted molar refractivity (Wildman–Crippen MR) is 103 cm³/mol. The first-order valence-electron chi connectivity index (χ1n) is 7.97. The molecule has 1 aliphatic rings. The van der Waals surface area contributed by atoms with Crippen molar-refractivity contribution in [2.45, 2.75) is 55.9 Å². The lowest BCUT2D eigenvalue weighted by molar-refractivity contribution is 0.160. The zero-order valence-electron chi connectivity index (χ0n) is 15.4. The van der Waals surface area contributed by atoms with E-state index in [9.17, 15) is 0 Å². The Bertz CT molecular complexity index is 201. The van der Waals surface area contributed by atoms with E-state index in [1.807, 2.05) is 41.5 Å². The van der Waals surface area contributed by atoms with E-state index in [0.717, 1.165) is 12.3 Å². The molecule has 1 fully saturated rings. The van der Waals surface area contributed by atoms with Gasteiger partial charge in [0.2, 0.25) is 0 Å². The third-order valence-electron chi connectivity index (χ3n) is 2.52. The summed E-state index contributed by atoms with van der Waals surface area (Å²) in [5, 5.41) is 0. The SMILES string of the molecule is C.C=CC.CC.CCN1CCN(C)CC1.CCN=C(C)C. The minimum Gasteiger partial charge on any atom is -0.304 e. The lowest BCUT2D eigenvalue weighted by Gasteiger charge is -2.31. The van der Waals surface area contributed by atoms with E-state index in [1.165, 1.54) is 32.7 Å². The topological polar surface area (TPSA) is 18.8 Å². The highest BCUT2D eigenvalue weighted by Crippen LogP contribution is 1.96. The van der Waals surface area contributed by atoms with Crippen molar-refractivity contribution in [1.82, 2.24) is 9.80 Å². The van der Waals surface area contributed by atoms with E-state index in [2.05, 4.69) is 35.3 Å². The first-order valence-corrected chi connectivity index (χ1v) is 7.97. The number of piperazine rings is 1. The fourth-order valence-corrected chi connectivity index (χ4v) is 1.48. The van der Waals surface area contributed by atoms with E-state index in [-0.39, 0.29) is 7.43 Å². The highest BCUT2D eigenvalue weighted by molar-refractivity contribution is 5.78. The number of aliphatic imine (C=N–C) groups is 1. The van der Waals surface area contributed by atoms with Gasteiger partial charge < -0.3 is 9.80 Å². The number of allylic oxidation sites excluding steroid dienone is 1. The van der Waals surface area contributed by atoms with Gasteiger partial charge in [0.1, 0.15) is 0 Å². The molecule has 3 heteroatoms. The molecule has 1 aliphatic heterocycles. The van der Waals surface area contributed by atoms with Gasteiger partial charge in [-0.15, -0.1) is 6.58 Å². The van der Waals surface area contributed by atoms with Crippen LogP contribution in [-0.4, -0.2) is 61.8 Å². The molecule has 0 aromatic rings. The van der Waals surface area contributed by atoms with Crippen LogP contribution in [0.2, 0.25) is 0 Å². The lowest BCUT2D eigenvalue weighted by Crippen LogP contribution is -2.44. The molecule has 0 atom stereocenters. The summed E-state index contributed by atoms with van der Waals surface area (Å²) in [4.78, 5) is 8.91. The molecule has 0 unspecified atom stereocenters. The third kappa shape index (κ3) is 28.3. The maximum absolute atomic E-state index is 4.04. The Balaban J connectivity index is -0.000000106. The molecule has 1 saturated heterocycles. The molecular formula is C18H43N3. The highest BCUT2D eigenvalue weighted by Gasteiger charge is 2.10. The van der Waals surface area contributed by atoms with Crippen LogP contribution in [0.25, 0.3) is 0 Å². The minimum absolute atomic E-state index is 0. The molecule has 1 heterocycles. The van der Waals surface area contributed by atoms with Gasteiger partial charge in [0, 0.05) is 38.4 Å². The lowest BCUT2D eigenvalue weighted by atomic mass is 10.3. The van der Waals surface area contributed by atoms with Gasteiger partial charge in [0.15, 0.2) is 0 Å². The zero-order valence-corrected chi connectivity index (χ0v) is 15.4. The molecule has 0 aromatic carbocycles. The quantitative estimate of drug-likeness (QED) is 0.548. The Labute approximate surface area is 136 Å². The smallest absolute Gasteiger partial charge is 0.0360 e. The molecule has 0 bridgehead atoms. The van der Waals surface area contributed by atoms with Crippen LogP contribution in [0, 0.1) is 0 Å². The molecule has 0 aromatic heterocycles. The second-order valence-corrected chi connectivity index (χ2v) is 4.57. The second kappa shape index (κ2) is 24.4. The third-order valence-corrected chi connectivity index (χ3v) is 2.52. The van der Waals surface area contributed by atoms with Crippen LogP contribution in [0.15, 0.2) is 17.6 Å². The maximum Gasteiger partial charge on any atom is 0.0360 e. The maximum atomic E-state index is 4.04. The fraction of sp³-hybridized carbons (Fsp3) is 0.833. The van der Waals surface area contributed by atoms with Gasteiger partial charge in [0.25, 0.3) is 0 Å². The molecule has 0 aliphatic carbocycles. The summed E-state index contributed by atoms with van der Waals surface area (Å²) in [6.45, 7) is 24.7. The van der Waals surface area contributed by atoms with Crippen molar-refractivity contribution in [1.29, 1.82) is 0 Å². The van der Waals surface area contributed by atoms with Crippen LogP contribution in [-0.2, 0) is 0 Å². The number of likely N-dealkylation sites (N-methyl/N-ethyl adjacent to an activating group) is 2. The van der Waals surface area contributed by atoms with Gasteiger partial charge in [-0.3, -0.25) is 4.99 Å². The van der Waals surface area contributed by atoms with Crippen molar-refractivity contribution >= 4 is 5.71 Å². The molecule has 0 saturated carbocycles. The summed E-state index contributed by atoms with van der Waals surface area (Å²) >= 11 is 0. The van der Waals surface area contributed by atoms with E-state index in [0.29, 0.717) is 0 Å². The monoisotopic (exact) mass is 301 g/mol. The van der Waals surface area contributed by atoms with Crippen molar-refractivity contribution in [2.24, 2.45) is 4.99 Å². The minimum atomic E-state index is 0. The van der Waals surface area contributed by atoms with Gasteiger partial charge in [0.05, 0.1) is 0 Å². The van der Waals surface area contributed by atoms with Gasteiger partial charge in [-0.05, 0) is 41.3 Å². The molecule has 0 amide bonds. The zero-order chi connectivity index (χ0) is 16.4. The van der Waals surface area contributed by atoms with Crippen LogP contribution in [0.4, 0.5) is 0 Å². The highest BCUT2D eigenvalue weighted by atomic mass is 15.2. The normalized spacial score (nSPS) is 13.7. The molecule has 0 spiro atoms. The first-order chi connectivity index (χ1) is 9.51. The summed E-state index contributed by atoms with van der Waals surface area (Å²) < 4.78 is 0.